The Labute approximate surface area is 121 Å². The Hall–Kier alpha value is -1.57. The van der Waals surface area contributed by atoms with Crippen molar-refractivity contribution in [3.05, 3.63) is 47.2 Å². The molecule has 0 aliphatic heterocycles. The van der Waals surface area contributed by atoms with Crippen LogP contribution in [0.4, 0.5) is 0 Å². The molecule has 1 aliphatic rings. The van der Waals surface area contributed by atoms with Gasteiger partial charge in [0.2, 0.25) is 0 Å². The Bertz CT molecular complexity index is 516. The molecule has 0 bridgehead atoms. The molecule has 1 aromatic rings. The average Bonchev–Trinajstić information content (AvgIpc) is 3.15. The summed E-state index contributed by atoms with van der Waals surface area (Å²) in [6.45, 7) is 9.70. The van der Waals surface area contributed by atoms with E-state index in [9.17, 15) is 4.79 Å². The predicted molar refractivity (Wildman–Crippen MR) is 81.2 cm³/mol. The summed E-state index contributed by atoms with van der Waals surface area (Å²) in [7, 11) is 0. The molecule has 1 aromatic carbocycles. The molecule has 2 rings (SSSR count). The number of ether oxygens (including phenoxy) is 1. The van der Waals surface area contributed by atoms with Crippen LogP contribution < -0.4 is 0 Å². The molecule has 0 radical (unpaired) electrons. The minimum atomic E-state index is -0.460. The van der Waals surface area contributed by atoms with Gasteiger partial charge in [0.15, 0.2) is 0 Å². The van der Waals surface area contributed by atoms with Crippen molar-refractivity contribution in [2.75, 3.05) is 0 Å². The lowest BCUT2D eigenvalue weighted by atomic mass is 9.97. The minimum absolute atomic E-state index is 0.146. The SMILES string of the molecule is CC(C)=C(OC(=O)C(C)(C)C)[C@@H]1CC1c1ccccc1. The first-order chi connectivity index (χ1) is 9.30. The Morgan fingerprint density at radius 2 is 1.75 bits per heavy atom. The highest BCUT2D eigenvalue weighted by molar-refractivity contribution is 5.76. The third-order valence-electron chi connectivity index (χ3n) is 3.66. The molecule has 0 spiro atoms. The Kier molecular flexibility index (Phi) is 4.03. The van der Waals surface area contributed by atoms with Crippen LogP contribution in [0, 0.1) is 11.3 Å². The van der Waals surface area contributed by atoms with Gasteiger partial charge in [0.25, 0.3) is 0 Å². The molecule has 0 saturated heterocycles. The molecule has 2 nitrogen and oxygen atoms in total. The van der Waals surface area contributed by atoms with Gasteiger partial charge in [0, 0.05) is 5.92 Å². The number of allylic oxidation sites excluding steroid dienone is 2. The van der Waals surface area contributed by atoms with Crippen LogP contribution in [0.2, 0.25) is 0 Å². The van der Waals surface area contributed by atoms with Crippen molar-refractivity contribution in [1.29, 1.82) is 0 Å². The molecule has 1 aliphatic carbocycles. The number of rotatable bonds is 3. The summed E-state index contributed by atoms with van der Waals surface area (Å²) in [4.78, 5) is 12.1. The fourth-order valence-electron chi connectivity index (χ4n) is 2.35. The van der Waals surface area contributed by atoms with Gasteiger partial charge >= 0.3 is 5.97 Å². The van der Waals surface area contributed by atoms with E-state index in [0.29, 0.717) is 11.8 Å². The molecule has 1 unspecified atom stereocenters. The molecule has 0 amide bonds. The van der Waals surface area contributed by atoms with Crippen LogP contribution in [0.1, 0.15) is 52.5 Å². The van der Waals surface area contributed by atoms with E-state index in [1.165, 1.54) is 5.56 Å². The fourth-order valence-corrected chi connectivity index (χ4v) is 2.35. The molecule has 1 saturated carbocycles. The first-order valence-electron chi connectivity index (χ1n) is 7.25. The van der Waals surface area contributed by atoms with Gasteiger partial charge < -0.3 is 4.74 Å². The second-order valence-corrected chi connectivity index (χ2v) is 6.86. The first-order valence-corrected chi connectivity index (χ1v) is 7.25. The monoisotopic (exact) mass is 272 g/mol. The maximum Gasteiger partial charge on any atom is 0.316 e. The van der Waals surface area contributed by atoms with Gasteiger partial charge in [0.05, 0.1) is 5.41 Å². The largest absolute Gasteiger partial charge is 0.430 e. The summed E-state index contributed by atoms with van der Waals surface area (Å²) in [5.74, 6) is 1.58. The summed E-state index contributed by atoms with van der Waals surface area (Å²) >= 11 is 0. The number of carbonyl (C=O) groups is 1. The third kappa shape index (κ3) is 3.30. The zero-order valence-corrected chi connectivity index (χ0v) is 13.1. The molecule has 1 fully saturated rings. The van der Waals surface area contributed by atoms with Gasteiger partial charge in [0.1, 0.15) is 5.76 Å². The number of carbonyl (C=O) groups excluding carboxylic acids is 1. The molecule has 108 valence electrons. The van der Waals surface area contributed by atoms with E-state index in [4.69, 9.17) is 4.74 Å². The van der Waals surface area contributed by atoms with Crippen LogP contribution in [0.15, 0.2) is 41.7 Å². The number of hydrogen-bond donors (Lipinski definition) is 0. The predicted octanol–water partition coefficient (Wildman–Crippen LogP) is 4.67. The topological polar surface area (TPSA) is 26.3 Å². The zero-order chi connectivity index (χ0) is 14.9. The van der Waals surface area contributed by atoms with Gasteiger partial charge in [-0.1, -0.05) is 30.3 Å². The molecule has 0 heterocycles. The van der Waals surface area contributed by atoms with Crippen LogP contribution in [-0.2, 0) is 9.53 Å². The molecular formula is C18H24O2. The lowest BCUT2D eigenvalue weighted by Gasteiger charge is -2.19. The second kappa shape index (κ2) is 5.43. The highest BCUT2D eigenvalue weighted by Gasteiger charge is 2.44. The van der Waals surface area contributed by atoms with Crippen LogP contribution in [-0.4, -0.2) is 5.97 Å². The Morgan fingerprint density at radius 3 is 2.25 bits per heavy atom. The van der Waals surface area contributed by atoms with Crippen molar-refractivity contribution < 1.29 is 9.53 Å². The fraction of sp³-hybridized carbons (Fsp3) is 0.500. The summed E-state index contributed by atoms with van der Waals surface area (Å²) < 4.78 is 5.69. The molecule has 2 atom stereocenters. The summed E-state index contributed by atoms with van der Waals surface area (Å²) in [6, 6.07) is 10.5. The maximum atomic E-state index is 12.1. The van der Waals surface area contributed by atoms with Crippen molar-refractivity contribution in [3.8, 4) is 0 Å². The minimum Gasteiger partial charge on any atom is -0.430 e. The highest BCUT2D eigenvalue weighted by atomic mass is 16.5. The maximum absolute atomic E-state index is 12.1. The Morgan fingerprint density at radius 1 is 1.15 bits per heavy atom. The van der Waals surface area contributed by atoms with Gasteiger partial charge in [-0.2, -0.15) is 0 Å². The smallest absolute Gasteiger partial charge is 0.316 e. The molecular weight excluding hydrogens is 248 g/mol. The van der Waals surface area contributed by atoms with E-state index in [0.717, 1.165) is 17.8 Å². The number of esters is 1. The molecule has 2 heteroatoms. The van der Waals surface area contributed by atoms with Crippen LogP contribution in [0.25, 0.3) is 0 Å². The summed E-state index contributed by atoms with van der Waals surface area (Å²) in [5, 5.41) is 0. The van der Waals surface area contributed by atoms with Crippen molar-refractivity contribution in [2.45, 2.75) is 47.0 Å². The second-order valence-electron chi connectivity index (χ2n) is 6.86. The zero-order valence-electron chi connectivity index (χ0n) is 13.1. The molecule has 20 heavy (non-hydrogen) atoms. The summed E-state index contributed by atoms with van der Waals surface area (Å²) in [5.41, 5.74) is 1.98. The van der Waals surface area contributed by atoms with E-state index in [1.807, 2.05) is 40.7 Å². The Balaban J connectivity index is 2.11. The lowest BCUT2D eigenvalue weighted by Crippen LogP contribution is -2.23. The molecule has 0 N–H and O–H groups in total. The standard InChI is InChI=1S/C18H24O2/c1-12(2)16(20-17(19)18(3,4)5)15-11-14(15)13-9-7-6-8-10-13/h6-10,14-15H,11H2,1-5H3/t14?,15-/m1/s1. The van der Waals surface area contributed by atoms with Crippen molar-refractivity contribution >= 4 is 5.97 Å². The highest BCUT2D eigenvalue weighted by Crippen LogP contribution is 2.53. The third-order valence-corrected chi connectivity index (χ3v) is 3.66. The van der Waals surface area contributed by atoms with Gasteiger partial charge in [-0.25, -0.2) is 0 Å². The number of benzene rings is 1. The normalized spacial score (nSPS) is 21.2. The van der Waals surface area contributed by atoms with Crippen LogP contribution >= 0.6 is 0 Å². The lowest BCUT2D eigenvalue weighted by molar-refractivity contribution is -0.149. The van der Waals surface area contributed by atoms with E-state index < -0.39 is 5.41 Å². The van der Waals surface area contributed by atoms with Gasteiger partial charge in [-0.05, 0) is 58.1 Å². The quantitative estimate of drug-likeness (QED) is 0.590. The molecule has 0 aromatic heterocycles. The van der Waals surface area contributed by atoms with E-state index >= 15 is 0 Å². The average molecular weight is 272 g/mol. The van der Waals surface area contributed by atoms with E-state index in [-0.39, 0.29) is 5.97 Å². The number of hydrogen-bond acceptors (Lipinski definition) is 2. The van der Waals surface area contributed by atoms with Crippen molar-refractivity contribution in [2.24, 2.45) is 11.3 Å². The van der Waals surface area contributed by atoms with E-state index in [1.54, 1.807) is 0 Å². The van der Waals surface area contributed by atoms with Crippen molar-refractivity contribution in [1.82, 2.24) is 0 Å². The van der Waals surface area contributed by atoms with Crippen LogP contribution in [0.5, 0.6) is 0 Å². The summed E-state index contributed by atoms with van der Waals surface area (Å²) in [6.07, 6.45) is 1.07. The van der Waals surface area contributed by atoms with Gasteiger partial charge in [-0.15, -0.1) is 0 Å². The van der Waals surface area contributed by atoms with E-state index in [2.05, 4.69) is 24.3 Å². The van der Waals surface area contributed by atoms with Crippen molar-refractivity contribution in [3.63, 3.8) is 0 Å². The van der Waals surface area contributed by atoms with Gasteiger partial charge in [-0.3, -0.25) is 4.79 Å². The first kappa shape index (κ1) is 14.8. The van der Waals surface area contributed by atoms with Crippen LogP contribution in [0.3, 0.4) is 0 Å².